The molecule has 0 saturated carbocycles. The van der Waals surface area contributed by atoms with Crippen LogP contribution in [0.4, 0.5) is 5.69 Å². The van der Waals surface area contributed by atoms with Crippen molar-refractivity contribution in [1.29, 1.82) is 0 Å². The van der Waals surface area contributed by atoms with Crippen molar-refractivity contribution >= 4 is 23.2 Å². The van der Waals surface area contributed by atoms with Crippen LogP contribution < -0.4 is 4.90 Å². The Morgan fingerprint density at radius 3 is 2.87 bits per heavy atom. The van der Waals surface area contributed by atoms with Gasteiger partial charge in [0.2, 0.25) is 0 Å². The summed E-state index contributed by atoms with van der Waals surface area (Å²) in [5.74, 6) is 0.101. The molecule has 0 aromatic heterocycles. The Morgan fingerprint density at radius 2 is 2.20 bits per heavy atom. The number of thioether (sulfide) groups is 1. The van der Waals surface area contributed by atoms with E-state index in [1.54, 1.807) is 24.8 Å². The number of benzene rings is 1. The first-order valence-corrected chi connectivity index (χ1v) is 5.80. The molecule has 1 aromatic carbocycles. The number of ketones is 1. The third kappa shape index (κ3) is 1.92. The third-order valence-corrected chi connectivity index (χ3v) is 3.39. The van der Waals surface area contributed by atoms with Gasteiger partial charge in [-0.15, -0.1) is 0 Å². The molecule has 0 saturated heterocycles. The van der Waals surface area contributed by atoms with Crippen molar-refractivity contribution < 1.29 is 4.79 Å². The van der Waals surface area contributed by atoms with Crippen LogP contribution in [0.5, 0.6) is 0 Å². The summed E-state index contributed by atoms with van der Waals surface area (Å²) in [6.07, 6.45) is 1.70. The second kappa shape index (κ2) is 4.11. The lowest BCUT2D eigenvalue weighted by Gasteiger charge is -2.17. The molecule has 0 radical (unpaired) electrons. The summed E-state index contributed by atoms with van der Waals surface area (Å²) in [4.78, 5) is 14.5. The lowest BCUT2D eigenvalue weighted by atomic mass is 10.3. The van der Waals surface area contributed by atoms with Crippen LogP contribution in [-0.4, -0.2) is 12.3 Å². The molecule has 0 amide bonds. The van der Waals surface area contributed by atoms with Crippen molar-refractivity contribution in [2.45, 2.75) is 18.7 Å². The molecule has 15 heavy (non-hydrogen) atoms. The lowest BCUT2D eigenvalue weighted by molar-refractivity contribution is -0.112. The van der Waals surface area contributed by atoms with Crippen molar-refractivity contribution in [1.82, 2.24) is 0 Å². The van der Waals surface area contributed by atoms with Gasteiger partial charge in [-0.3, -0.25) is 4.79 Å². The predicted molar refractivity (Wildman–Crippen MR) is 64.1 cm³/mol. The Hall–Kier alpha value is -1.22. The van der Waals surface area contributed by atoms with Crippen molar-refractivity contribution in [2.75, 3.05) is 11.4 Å². The molecule has 78 valence electrons. The van der Waals surface area contributed by atoms with Gasteiger partial charge in [-0.25, -0.2) is 0 Å². The fourth-order valence-corrected chi connectivity index (χ4v) is 2.88. The Labute approximate surface area is 94.0 Å². The molecule has 0 atom stereocenters. The van der Waals surface area contributed by atoms with E-state index in [-0.39, 0.29) is 5.78 Å². The van der Waals surface area contributed by atoms with Gasteiger partial charge in [-0.2, -0.15) is 0 Å². The number of hydrogen-bond acceptors (Lipinski definition) is 3. The Balaban J connectivity index is 2.41. The Kier molecular flexibility index (Phi) is 2.82. The summed E-state index contributed by atoms with van der Waals surface area (Å²) in [6.45, 7) is 4.57. The van der Waals surface area contributed by atoms with Gasteiger partial charge in [0.25, 0.3) is 0 Å². The van der Waals surface area contributed by atoms with Crippen LogP contribution in [0.1, 0.15) is 13.8 Å². The maximum Gasteiger partial charge on any atom is 0.155 e. The minimum atomic E-state index is 0.101. The predicted octanol–water partition coefficient (Wildman–Crippen LogP) is 3.05. The van der Waals surface area contributed by atoms with E-state index < -0.39 is 0 Å². The molecule has 0 unspecified atom stereocenters. The van der Waals surface area contributed by atoms with Gasteiger partial charge in [0.05, 0.1) is 10.7 Å². The monoisotopic (exact) mass is 219 g/mol. The van der Waals surface area contributed by atoms with Crippen LogP contribution in [0.15, 0.2) is 40.3 Å². The fraction of sp³-hybridized carbons (Fsp3) is 0.250. The van der Waals surface area contributed by atoms with Crippen LogP contribution in [0.25, 0.3) is 0 Å². The molecular weight excluding hydrogens is 206 g/mol. The standard InChI is InChI=1S/C12H13NOS/c1-3-13-10-6-4-5-7-11(10)15-12(13)8-9(2)14/h4-8H,3H2,1-2H3/b12-8-. The highest BCUT2D eigenvalue weighted by molar-refractivity contribution is 8.03. The second-order valence-electron chi connectivity index (χ2n) is 3.41. The molecule has 3 heteroatoms. The zero-order chi connectivity index (χ0) is 10.8. The highest BCUT2D eigenvalue weighted by Gasteiger charge is 2.23. The molecule has 1 aromatic rings. The van der Waals surface area contributed by atoms with Crippen molar-refractivity contribution in [3.8, 4) is 0 Å². The van der Waals surface area contributed by atoms with E-state index in [1.165, 1.54) is 10.6 Å². The largest absolute Gasteiger partial charge is 0.335 e. The highest BCUT2D eigenvalue weighted by Crippen LogP contribution is 2.45. The zero-order valence-electron chi connectivity index (χ0n) is 8.86. The first kappa shape index (κ1) is 10.3. The van der Waals surface area contributed by atoms with E-state index >= 15 is 0 Å². The minimum absolute atomic E-state index is 0.101. The number of allylic oxidation sites excluding steroid dienone is 1. The van der Waals surface area contributed by atoms with E-state index in [0.29, 0.717) is 0 Å². The van der Waals surface area contributed by atoms with Gasteiger partial charge < -0.3 is 4.90 Å². The van der Waals surface area contributed by atoms with E-state index in [9.17, 15) is 4.79 Å². The average molecular weight is 219 g/mol. The number of para-hydroxylation sites is 1. The normalized spacial score (nSPS) is 16.9. The van der Waals surface area contributed by atoms with Crippen molar-refractivity contribution in [3.05, 3.63) is 35.4 Å². The van der Waals surface area contributed by atoms with Crippen molar-refractivity contribution in [3.63, 3.8) is 0 Å². The number of rotatable bonds is 2. The number of carbonyl (C=O) groups excluding carboxylic acids is 1. The first-order chi connectivity index (χ1) is 7.22. The number of carbonyl (C=O) groups is 1. The summed E-state index contributed by atoms with van der Waals surface area (Å²) >= 11 is 1.66. The number of fused-ring (bicyclic) bond motifs is 1. The molecule has 1 heterocycles. The molecule has 2 rings (SSSR count). The number of nitrogens with zero attached hydrogens (tertiary/aromatic N) is 1. The summed E-state index contributed by atoms with van der Waals surface area (Å²) < 4.78 is 0. The van der Waals surface area contributed by atoms with E-state index in [2.05, 4.69) is 24.0 Å². The van der Waals surface area contributed by atoms with Crippen LogP contribution >= 0.6 is 11.8 Å². The van der Waals surface area contributed by atoms with E-state index in [4.69, 9.17) is 0 Å². The fourth-order valence-electron chi connectivity index (χ4n) is 1.66. The molecule has 0 N–H and O–H groups in total. The van der Waals surface area contributed by atoms with Crippen LogP contribution in [-0.2, 0) is 4.79 Å². The quantitative estimate of drug-likeness (QED) is 0.713. The third-order valence-electron chi connectivity index (χ3n) is 2.28. The maximum atomic E-state index is 11.1. The summed E-state index contributed by atoms with van der Waals surface area (Å²) in [5, 5.41) is 1.03. The van der Waals surface area contributed by atoms with Crippen LogP contribution in [0.2, 0.25) is 0 Å². The number of hydrogen-bond donors (Lipinski definition) is 0. The average Bonchev–Trinajstić information content (AvgIpc) is 2.53. The summed E-state index contributed by atoms with van der Waals surface area (Å²) in [7, 11) is 0. The highest BCUT2D eigenvalue weighted by atomic mass is 32.2. The SMILES string of the molecule is CCN1/C(=C/C(C)=O)Sc2ccccc21. The molecule has 0 aliphatic carbocycles. The topological polar surface area (TPSA) is 20.3 Å². The Bertz CT molecular complexity index is 425. The molecular formula is C12H13NOS. The molecule has 0 bridgehead atoms. The van der Waals surface area contributed by atoms with Gasteiger partial charge in [0.1, 0.15) is 0 Å². The first-order valence-electron chi connectivity index (χ1n) is 4.99. The van der Waals surface area contributed by atoms with Crippen LogP contribution in [0, 0.1) is 0 Å². The maximum absolute atomic E-state index is 11.1. The number of anilines is 1. The van der Waals surface area contributed by atoms with Crippen LogP contribution in [0.3, 0.4) is 0 Å². The lowest BCUT2D eigenvalue weighted by Crippen LogP contribution is -2.16. The molecule has 0 fully saturated rings. The second-order valence-corrected chi connectivity index (χ2v) is 4.47. The molecule has 1 aliphatic rings. The smallest absolute Gasteiger partial charge is 0.155 e. The van der Waals surface area contributed by atoms with E-state index in [1.807, 2.05) is 12.1 Å². The Morgan fingerprint density at radius 1 is 1.47 bits per heavy atom. The van der Waals surface area contributed by atoms with Gasteiger partial charge in [-0.05, 0) is 26.0 Å². The van der Waals surface area contributed by atoms with Gasteiger partial charge in [-0.1, -0.05) is 23.9 Å². The van der Waals surface area contributed by atoms with Gasteiger partial charge in [0.15, 0.2) is 5.78 Å². The summed E-state index contributed by atoms with van der Waals surface area (Å²) in [6, 6.07) is 8.23. The van der Waals surface area contributed by atoms with Gasteiger partial charge >= 0.3 is 0 Å². The van der Waals surface area contributed by atoms with Gasteiger partial charge in [0, 0.05) is 17.5 Å². The molecule has 0 spiro atoms. The zero-order valence-corrected chi connectivity index (χ0v) is 9.67. The minimum Gasteiger partial charge on any atom is -0.335 e. The molecule has 1 aliphatic heterocycles. The van der Waals surface area contributed by atoms with Crippen molar-refractivity contribution in [2.24, 2.45) is 0 Å². The van der Waals surface area contributed by atoms with E-state index in [0.717, 1.165) is 11.6 Å². The summed E-state index contributed by atoms with van der Waals surface area (Å²) in [5.41, 5.74) is 1.21. The molecule has 2 nitrogen and oxygen atoms in total.